The lowest BCUT2D eigenvalue weighted by atomic mass is 10.1. The largest absolute Gasteiger partial charge is 0.352 e. The van der Waals surface area contributed by atoms with Crippen LogP contribution in [0.3, 0.4) is 0 Å². The second-order valence-corrected chi connectivity index (χ2v) is 7.23. The molecule has 1 aliphatic heterocycles. The van der Waals surface area contributed by atoms with Gasteiger partial charge in [-0.2, -0.15) is 0 Å². The van der Waals surface area contributed by atoms with Crippen molar-refractivity contribution in [2.24, 2.45) is 5.92 Å². The molecule has 0 saturated carbocycles. The summed E-state index contributed by atoms with van der Waals surface area (Å²) in [6, 6.07) is 3.40. The molecule has 8 heteroatoms. The van der Waals surface area contributed by atoms with E-state index in [-0.39, 0.29) is 11.8 Å². The summed E-state index contributed by atoms with van der Waals surface area (Å²) in [6.07, 6.45) is 7.34. The quantitative estimate of drug-likeness (QED) is 0.816. The highest BCUT2D eigenvalue weighted by molar-refractivity contribution is 5.99. The molecule has 0 aromatic carbocycles. The minimum atomic E-state index is -0.200. The predicted molar refractivity (Wildman–Crippen MR) is 106 cm³/mol. The van der Waals surface area contributed by atoms with Gasteiger partial charge < -0.3 is 15.1 Å². The molecule has 0 unspecified atom stereocenters. The molecule has 28 heavy (non-hydrogen) atoms. The second-order valence-electron chi connectivity index (χ2n) is 7.23. The number of carbonyl (C=O) groups excluding carboxylic acids is 2. The number of rotatable bonds is 6. The molecular formula is C20H26N6O2. The molecule has 3 rings (SSSR count). The first-order valence-corrected chi connectivity index (χ1v) is 9.59. The van der Waals surface area contributed by atoms with E-state index in [4.69, 9.17) is 0 Å². The van der Waals surface area contributed by atoms with E-state index in [1.807, 2.05) is 0 Å². The molecular weight excluding hydrogens is 356 g/mol. The van der Waals surface area contributed by atoms with Crippen LogP contribution in [-0.2, 0) is 0 Å². The minimum absolute atomic E-state index is 0.113. The van der Waals surface area contributed by atoms with E-state index in [0.29, 0.717) is 55.7 Å². The van der Waals surface area contributed by atoms with E-state index in [9.17, 15) is 9.59 Å². The van der Waals surface area contributed by atoms with Crippen molar-refractivity contribution in [2.45, 2.75) is 20.3 Å². The number of piperazine rings is 1. The van der Waals surface area contributed by atoms with Crippen LogP contribution in [0.5, 0.6) is 0 Å². The fraction of sp³-hybridized carbons (Fsp3) is 0.450. The number of aromatic nitrogens is 3. The highest BCUT2D eigenvalue weighted by Crippen LogP contribution is 2.13. The lowest BCUT2D eigenvalue weighted by molar-refractivity contribution is 0.0746. The maximum Gasteiger partial charge on any atom is 0.255 e. The summed E-state index contributed by atoms with van der Waals surface area (Å²) in [5.74, 6) is 0.884. The van der Waals surface area contributed by atoms with E-state index in [1.165, 1.54) is 12.4 Å². The predicted octanol–water partition coefficient (Wildman–Crippen LogP) is 1.61. The lowest BCUT2D eigenvalue weighted by Crippen LogP contribution is -2.49. The molecule has 8 nitrogen and oxygen atoms in total. The van der Waals surface area contributed by atoms with E-state index in [2.05, 4.69) is 39.0 Å². The van der Waals surface area contributed by atoms with Crippen molar-refractivity contribution >= 4 is 17.8 Å². The number of hydrogen-bond donors (Lipinski definition) is 1. The Balaban J connectivity index is 1.58. The molecule has 0 spiro atoms. The number of carbonyl (C=O) groups is 2. The molecule has 1 saturated heterocycles. The number of pyridine rings is 1. The van der Waals surface area contributed by atoms with Crippen LogP contribution in [0.4, 0.5) is 5.95 Å². The van der Waals surface area contributed by atoms with Crippen molar-refractivity contribution in [1.82, 2.24) is 25.2 Å². The SMILES string of the molecule is CC(C)CCNC(=O)c1cncc(C(=O)N2CCN(c3ncccn3)CC2)c1. The van der Waals surface area contributed by atoms with Gasteiger partial charge >= 0.3 is 0 Å². The van der Waals surface area contributed by atoms with E-state index >= 15 is 0 Å². The summed E-state index contributed by atoms with van der Waals surface area (Å²) in [4.78, 5) is 41.5. The van der Waals surface area contributed by atoms with Gasteiger partial charge in [0.15, 0.2) is 0 Å². The van der Waals surface area contributed by atoms with Gasteiger partial charge in [0.2, 0.25) is 5.95 Å². The van der Waals surface area contributed by atoms with Crippen molar-refractivity contribution in [2.75, 3.05) is 37.6 Å². The van der Waals surface area contributed by atoms with Gasteiger partial charge in [-0.05, 0) is 24.5 Å². The summed E-state index contributed by atoms with van der Waals surface area (Å²) in [5.41, 5.74) is 0.840. The fourth-order valence-electron chi connectivity index (χ4n) is 3.00. The highest BCUT2D eigenvalue weighted by atomic mass is 16.2. The normalized spacial score (nSPS) is 14.2. The monoisotopic (exact) mass is 382 g/mol. The van der Waals surface area contributed by atoms with Crippen LogP contribution < -0.4 is 10.2 Å². The first-order chi connectivity index (χ1) is 13.5. The summed E-state index contributed by atoms with van der Waals surface area (Å²) in [6.45, 7) is 7.30. The third kappa shape index (κ3) is 5.03. The Morgan fingerprint density at radius 1 is 1.07 bits per heavy atom. The molecule has 0 aliphatic carbocycles. The first kappa shape index (κ1) is 19.7. The smallest absolute Gasteiger partial charge is 0.255 e. The van der Waals surface area contributed by atoms with Gasteiger partial charge in [0.25, 0.3) is 11.8 Å². The molecule has 2 aromatic rings. The number of nitrogens with one attached hydrogen (secondary N) is 1. The fourth-order valence-corrected chi connectivity index (χ4v) is 3.00. The minimum Gasteiger partial charge on any atom is -0.352 e. The molecule has 0 bridgehead atoms. The van der Waals surface area contributed by atoms with Crippen molar-refractivity contribution in [3.05, 3.63) is 48.0 Å². The highest BCUT2D eigenvalue weighted by Gasteiger charge is 2.24. The topological polar surface area (TPSA) is 91.3 Å². The Morgan fingerprint density at radius 2 is 1.75 bits per heavy atom. The molecule has 2 aromatic heterocycles. The standard InChI is InChI=1S/C20H26N6O2/c1-15(2)4-7-22-18(27)16-12-17(14-21-13-16)19(28)25-8-10-26(11-9-25)20-23-5-3-6-24-20/h3,5-6,12-15H,4,7-11H2,1-2H3,(H,22,27). The van der Waals surface area contributed by atoms with Crippen LogP contribution in [0, 0.1) is 5.92 Å². The van der Waals surface area contributed by atoms with Crippen LogP contribution in [-0.4, -0.2) is 64.4 Å². The van der Waals surface area contributed by atoms with Crippen LogP contribution in [0.2, 0.25) is 0 Å². The van der Waals surface area contributed by atoms with Crippen LogP contribution in [0.25, 0.3) is 0 Å². The Bertz CT molecular complexity index is 803. The molecule has 1 N–H and O–H groups in total. The zero-order chi connectivity index (χ0) is 19.9. The molecule has 1 aliphatic rings. The van der Waals surface area contributed by atoms with Crippen LogP contribution in [0.1, 0.15) is 41.0 Å². The molecule has 1 fully saturated rings. The van der Waals surface area contributed by atoms with Gasteiger partial charge in [-0.25, -0.2) is 9.97 Å². The molecule has 2 amide bonds. The Morgan fingerprint density at radius 3 is 2.43 bits per heavy atom. The lowest BCUT2D eigenvalue weighted by Gasteiger charge is -2.34. The van der Waals surface area contributed by atoms with Crippen molar-refractivity contribution < 1.29 is 9.59 Å². The molecule has 0 atom stereocenters. The van der Waals surface area contributed by atoms with E-state index in [1.54, 1.807) is 29.4 Å². The summed E-state index contributed by atoms with van der Waals surface area (Å²) >= 11 is 0. The Hall–Kier alpha value is -3.03. The van der Waals surface area contributed by atoms with E-state index < -0.39 is 0 Å². The number of anilines is 1. The van der Waals surface area contributed by atoms with Crippen LogP contribution >= 0.6 is 0 Å². The maximum atomic E-state index is 12.8. The zero-order valence-electron chi connectivity index (χ0n) is 16.3. The van der Waals surface area contributed by atoms with Gasteiger partial charge in [0.05, 0.1) is 11.1 Å². The third-order valence-electron chi connectivity index (χ3n) is 4.66. The average Bonchev–Trinajstić information content (AvgIpc) is 2.74. The average molecular weight is 382 g/mol. The molecule has 3 heterocycles. The van der Waals surface area contributed by atoms with Gasteiger partial charge in [0.1, 0.15) is 0 Å². The summed E-state index contributed by atoms with van der Waals surface area (Å²) in [7, 11) is 0. The Kier molecular flexibility index (Phi) is 6.52. The summed E-state index contributed by atoms with van der Waals surface area (Å²) in [5, 5.41) is 2.88. The Labute approximate surface area is 165 Å². The van der Waals surface area contributed by atoms with Gasteiger partial charge in [-0.1, -0.05) is 13.8 Å². The molecule has 148 valence electrons. The number of hydrogen-bond acceptors (Lipinski definition) is 6. The summed E-state index contributed by atoms with van der Waals surface area (Å²) < 4.78 is 0. The molecule has 0 radical (unpaired) electrons. The van der Waals surface area contributed by atoms with Crippen LogP contribution in [0.15, 0.2) is 36.9 Å². The third-order valence-corrected chi connectivity index (χ3v) is 4.66. The maximum absolute atomic E-state index is 12.8. The van der Waals surface area contributed by atoms with Crippen molar-refractivity contribution in [3.8, 4) is 0 Å². The van der Waals surface area contributed by atoms with Crippen molar-refractivity contribution in [1.29, 1.82) is 0 Å². The second kappa shape index (κ2) is 9.25. The van der Waals surface area contributed by atoms with E-state index in [0.717, 1.165) is 6.42 Å². The van der Waals surface area contributed by atoms with Gasteiger partial charge in [-0.3, -0.25) is 14.6 Å². The zero-order valence-corrected chi connectivity index (χ0v) is 16.3. The number of amides is 2. The van der Waals surface area contributed by atoms with Gasteiger partial charge in [-0.15, -0.1) is 0 Å². The number of nitrogens with zero attached hydrogens (tertiary/aromatic N) is 5. The van der Waals surface area contributed by atoms with Crippen molar-refractivity contribution in [3.63, 3.8) is 0 Å². The first-order valence-electron chi connectivity index (χ1n) is 9.59. The van der Waals surface area contributed by atoms with Gasteiger partial charge in [0, 0.05) is 57.5 Å².